The van der Waals surface area contributed by atoms with Crippen molar-refractivity contribution in [2.45, 2.75) is 19.8 Å². The number of thioether (sulfide) groups is 1. The van der Waals surface area contributed by atoms with Gasteiger partial charge in [0.05, 0.1) is 11.5 Å². The van der Waals surface area contributed by atoms with Gasteiger partial charge in [0.15, 0.2) is 9.84 Å². The van der Waals surface area contributed by atoms with E-state index in [-0.39, 0.29) is 5.41 Å². The summed E-state index contributed by atoms with van der Waals surface area (Å²) >= 11 is 1.86. The van der Waals surface area contributed by atoms with Gasteiger partial charge in [-0.3, -0.25) is 0 Å². The quantitative estimate of drug-likeness (QED) is 0.722. The maximum Gasteiger partial charge on any atom is 0.150 e. The minimum atomic E-state index is -2.79. The molecule has 3 nitrogen and oxygen atoms in total. The fourth-order valence-corrected chi connectivity index (χ4v) is 4.97. The van der Waals surface area contributed by atoms with Gasteiger partial charge in [0.2, 0.25) is 0 Å². The van der Waals surface area contributed by atoms with Crippen LogP contribution in [0, 0.1) is 5.41 Å². The zero-order valence-electron chi connectivity index (χ0n) is 8.66. The first kappa shape index (κ1) is 12.3. The van der Waals surface area contributed by atoms with Crippen LogP contribution in [0.1, 0.15) is 19.8 Å². The van der Waals surface area contributed by atoms with Crippen LogP contribution in [0.25, 0.3) is 0 Å². The predicted octanol–water partition coefficient (Wildman–Crippen LogP) is 0.893. The normalized spacial score (nSPS) is 30.7. The molecule has 0 aromatic carbocycles. The Morgan fingerprint density at radius 2 is 2.21 bits per heavy atom. The standard InChI is InChI=1S/C9H19NO2S2/c1-2-13-5-3-9(7-10)4-6-14(11,12)8-9/h2-8,10H2,1H3. The van der Waals surface area contributed by atoms with Crippen LogP contribution in [0.15, 0.2) is 0 Å². The average Bonchev–Trinajstić information content (AvgIpc) is 2.44. The van der Waals surface area contributed by atoms with E-state index in [1.807, 2.05) is 11.8 Å². The Morgan fingerprint density at radius 1 is 1.50 bits per heavy atom. The molecule has 0 radical (unpaired) electrons. The van der Waals surface area contributed by atoms with Gasteiger partial charge in [-0.05, 0) is 36.3 Å². The lowest BCUT2D eigenvalue weighted by atomic mass is 9.85. The van der Waals surface area contributed by atoms with E-state index >= 15 is 0 Å². The first-order valence-electron chi connectivity index (χ1n) is 5.02. The molecule has 0 aromatic rings. The largest absolute Gasteiger partial charge is 0.330 e. The fourth-order valence-electron chi connectivity index (χ4n) is 1.88. The molecule has 0 aliphatic carbocycles. The molecule has 1 saturated heterocycles. The maximum absolute atomic E-state index is 11.4. The second-order valence-electron chi connectivity index (χ2n) is 3.99. The van der Waals surface area contributed by atoms with Gasteiger partial charge in [-0.25, -0.2) is 8.42 Å². The van der Waals surface area contributed by atoms with E-state index in [0.29, 0.717) is 18.1 Å². The first-order valence-corrected chi connectivity index (χ1v) is 7.99. The van der Waals surface area contributed by atoms with Crippen molar-refractivity contribution in [1.82, 2.24) is 0 Å². The van der Waals surface area contributed by atoms with Gasteiger partial charge in [0.1, 0.15) is 0 Å². The minimum absolute atomic E-state index is 0.110. The Balaban J connectivity index is 2.52. The van der Waals surface area contributed by atoms with E-state index in [1.54, 1.807) is 0 Å². The molecular weight excluding hydrogens is 218 g/mol. The van der Waals surface area contributed by atoms with Gasteiger partial charge < -0.3 is 5.73 Å². The molecular formula is C9H19NO2S2. The molecule has 1 fully saturated rings. The number of nitrogens with two attached hydrogens (primary N) is 1. The van der Waals surface area contributed by atoms with E-state index in [0.717, 1.165) is 24.3 Å². The van der Waals surface area contributed by atoms with Crippen molar-refractivity contribution in [1.29, 1.82) is 0 Å². The number of sulfone groups is 1. The second kappa shape index (κ2) is 4.86. The number of hydrogen-bond donors (Lipinski definition) is 1. The van der Waals surface area contributed by atoms with Crippen molar-refractivity contribution in [3.05, 3.63) is 0 Å². The van der Waals surface area contributed by atoms with Gasteiger partial charge in [-0.2, -0.15) is 11.8 Å². The highest BCUT2D eigenvalue weighted by atomic mass is 32.2. The Bertz CT molecular complexity index is 277. The summed E-state index contributed by atoms with van der Waals surface area (Å²) in [5, 5.41) is 0. The molecule has 1 unspecified atom stereocenters. The van der Waals surface area contributed by atoms with Crippen molar-refractivity contribution in [2.24, 2.45) is 11.1 Å². The van der Waals surface area contributed by atoms with Crippen molar-refractivity contribution in [2.75, 3.05) is 29.6 Å². The molecule has 0 saturated carbocycles. The summed E-state index contributed by atoms with van der Waals surface area (Å²) in [7, 11) is -2.79. The molecule has 14 heavy (non-hydrogen) atoms. The zero-order valence-corrected chi connectivity index (χ0v) is 10.3. The van der Waals surface area contributed by atoms with E-state index in [2.05, 4.69) is 6.92 Å². The molecule has 1 rings (SSSR count). The molecule has 1 aliphatic rings. The van der Waals surface area contributed by atoms with Crippen LogP contribution >= 0.6 is 11.8 Å². The highest BCUT2D eigenvalue weighted by Gasteiger charge is 2.40. The molecule has 0 aromatic heterocycles. The lowest BCUT2D eigenvalue weighted by molar-refractivity contribution is 0.337. The van der Waals surface area contributed by atoms with Crippen molar-refractivity contribution in [3.8, 4) is 0 Å². The molecule has 84 valence electrons. The van der Waals surface area contributed by atoms with Crippen LogP contribution < -0.4 is 5.73 Å². The first-order chi connectivity index (χ1) is 6.54. The average molecular weight is 237 g/mol. The Morgan fingerprint density at radius 3 is 2.64 bits per heavy atom. The molecule has 0 amide bonds. The van der Waals surface area contributed by atoms with Crippen LogP contribution in [0.4, 0.5) is 0 Å². The third-order valence-electron chi connectivity index (χ3n) is 2.88. The lowest BCUT2D eigenvalue weighted by Crippen LogP contribution is -2.32. The van der Waals surface area contributed by atoms with Gasteiger partial charge >= 0.3 is 0 Å². The molecule has 0 bridgehead atoms. The van der Waals surface area contributed by atoms with E-state index in [1.165, 1.54) is 0 Å². The molecule has 1 heterocycles. The number of hydrogen-bond acceptors (Lipinski definition) is 4. The topological polar surface area (TPSA) is 60.2 Å². The maximum atomic E-state index is 11.4. The van der Waals surface area contributed by atoms with Crippen molar-refractivity contribution in [3.63, 3.8) is 0 Å². The molecule has 1 aliphatic heterocycles. The summed E-state index contributed by atoms with van der Waals surface area (Å²) in [5.74, 6) is 2.76. The summed E-state index contributed by atoms with van der Waals surface area (Å²) in [6.45, 7) is 2.63. The van der Waals surface area contributed by atoms with E-state index in [4.69, 9.17) is 5.73 Å². The third kappa shape index (κ3) is 3.14. The molecule has 1 atom stereocenters. The Labute approximate surface area is 90.7 Å². The van der Waals surface area contributed by atoms with Crippen LogP contribution in [0.5, 0.6) is 0 Å². The summed E-state index contributed by atoms with van der Waals surface area (Å²) in [4.78, 5) is 0. The Kier molecular flexibility index (Phi) is 4.28. The van der Waals surface area contributed by atoms with Gasteiger partial charge in [0.25, 0.3) is 0 Å². The van der Waals surface area contributed by atoms with E-state index in [9.17, 15) is 8.42 Å². The minimum Gasteiger partial charge on any atom is -0.330 e. The molecule has 0 spiro atoms. The highest BCUT2D eigenvalue weighted by Crippen LogP contribution is 2.35. The number of rotatable bonds is 5. The summed E-state index contributed by atoms with van der Waals surface area (Å²) in [5.41, 5.74) is 5.59. The van der Waals surface area contributed by atoms with E-state index < -0.39 is 9.84 Å². The van der Waals surface area contributed by atoms with Gasteiger partial charge in [-0.15, -0.1) is 0 Å². The van der Waals surface area contributed by atoms with Gasteiger partial charge in [0, 0.05) is 0 Å². The molecule has 5 heteroatoms. The fraction of sp³-hybridized carbons (Fsp3) is 1.00. The summed E-state index contributed by atoms with van der Waals surface area (Å²) in [6.07, 6.45) is 1.71. The van der Waals surface area contributed by atoms with Crippen molar-refractivity contribution >= 4 is 21.6 Å². The predicted molar refractivity (Wildman–Crippen MR) is 62.4 cm³/mol. The second-order valence-corrected chi connectivity index (χ2v) is 7.57. The van der Waals surface area contributed by atoms with Crippen LogP contribution in [0.3, 0.4) is 0 Å². The summed E-state index contributed by atoms with van der Waals surface area (Å²) < 4.78 is 22.8. The van der Waals surface area contributed by atoms with Crippen LogP contribution in [0.2, 0.25) is 0 Å². The molecule has 2 N–H and O–H groups in total. The van der Waals surface area contributed by atoms with Gasteiger partial charge in [-0.1, -0.05) is 6.92 Å². The Hall–Kier alpha value is 0.260. The zero-order chi connectivity index (χ0) is 10.7. The van der Waals surface area contributed by atoms with Crippen LogP contribution in [-0.2, 0) is 9.84 Å². The monoisotopic (exact) mass is 237 g/mol. The smallest absolute Gasteiger partial charge is 0.150 e. The highest BCUT2D eigenvalue weighted by molar-refractivity contribution is 7.99. The third-order valence-corrected chi connectivity index (χ3v) is 5.66. The van der Waals surface area contributed by atoms with Crippen molar-refractivity contribution < 1.29 is 8.42 Å². The SMILES string of the molecule is CCSCCC1(CN)CCS(=O)(=O)C1. The lowest BCUT2D eigenvalue weighted by Gasteiger charge is -2.25. The van der Waals surface area contributed by atoms with Crippen LogP contribution in [-0.4, -0.2) is 38.0 Å². The summed E-state index contributed by atoms with van der Waals surface area (Å²) in [6, 6.07) is 0.